The molecule has 1 saturated heterocycles. The van der Waals surface area contributed by atoms with Crippen LogP contribution in [0.3, 0.4) is 0 Å². The smallest absolute Gasteiger partial charge is 0.336 e. The van der Waals surface area contributed by atoms with Gasteiger partial charge in [0.1, 0.15) is 29.3 Å². The van der Waals surface area contributed by atoms with Crippen molar-refractivity contribution in [1.82, 2.24) is 4.90 Å². The summed E-state index contributed by atoms with van der Waals surface area (Å²) in [7, 11) is 2.19. The number of aromatic carboxylic acids is 1. The maximum absolute atomic E-state index is 11.7. The lowest BCUT2D eigenvalue weighted by Gasteiger charge is -2.56. The number of carboxylic acid groups (broad SMARTS) is 1. The average Bonchev–Trinajstić information content (AvgIpc) is 3.40. The van der Waals surface area contributed by atoms with Gasteiger partial charge in [0.05, 0.1) is 5.56 Å². The lowest BCUT2D eigenvalue weighted by Crippen LogP contribution is -2.64. The van der Waals surface area contributed by atoms with Crippen LogP contribution in [-0.4, -0.2) is 63.1 Å². The van der Waals surface area contributed by atoms with Crippen LogP contribution in [0, 0.1) is 5.92 Å². The standard InChI is InChI=1S/C20H12O5.C17H19NO3/c21-11-5-7-15-17(9-11)25-18-10-12(22)6-8-16(18)19(15)13-3-1-2-4-14(13)20(23)24;1-18-7-6-17-10-3-5-13(20)16(17)21-15-12(19)4-2-9(14(15)17)8-11(10)18/h1-10,21H,(H,23,24);2-5,10-11,13,16,19-20H,6-8H2,1H3/t;10-,11+,13-,16-,17-/m.0/s1. The fourth-order valence-corrected chi connectivity index (χ4v) is 8.28. The number of fused-ring (bicyclic) bond motifs is 2. The number of hydrogen-bond donors (Lipinski definition) is 4. The zero-order chi connectivity index (χ0) is 31.9. The van der Waals surface area contributed by atoms with E-state index in [1.165, 1.54) is 41.5 Å². The second-order valence-corrected chi connectivity index (χ2v) is 12.6. The summed E-state index contributed by atoms with van der Waals surface area (Å²) in [6.45, 7) is 1.01. The number of phenolic OH excluding ortho intramolecular Hbond substituents is 2. The van der Waals surface area contributed by atoms with Crippen LogP contribution in [0.1, 0.15) is 27.9 Å². The van der Waals surface area contributed by atoms with Crippen LogP contribution < -0.4 is 10.2 Å². The Labute approximate surface area is 263 Å². The van der Waals surface area contributed by atoms with Crippen molar-refractivity contribution in [3.8, 4) is 39.7 Å². The Kier molecular flexibility index (Phi) is 6.29. The van der Waals surface area contributed by atoms with E-state index in [9.17, 15) is 30.0 Å². The molecule has 232 valence electrons. The Hall–Kier alpha value is -5.12. The maximum Gasteiger partial charge on any atom is 0.336 e. The molecule has 3 aromatic rings. The van der Waals surface area contributed by atoms with Crippen molar-refractivity contribution in [3.05, 3.63) is 112 Å². The summed E-state index contributed by atoms with van der Waals surface area (Å²) in [4.78, 5) is 25.8. The lowest BCUT2D eigenvalue weighted by molar-refractivity contribution is -0.0453. The molecule has 1 spiro atoms. The van der Waals surface area contributed by atoms with Gasteiger partial charge in [-0.3, -0.25) is 4.79 Å². The van der Waals surface area contributed by atoms with E-state index < -0.39 is 12.1 Å². The molecule has 0 aromatic heterocycles. The number of piperidine rings is 1. The number of rotatable bonds is 2. The minimum atomic E-state index is -1.04. The molecule has 3 aromatic carbocycles. The van der Waals surface area contributed by atoms with E-state index in [1.807, 2.05) is 12.1 Å². The number of hydrogen-bond acceptors (Lipinski definition) is 8. The summed E-state index contributed by atoms with van der Waals surface area (Å²) >= 11 is 0. The number of carbonyl (C=O) groups is 1. The van der Waals surface area contributed by atoms with Gasteiger partial charge in [-0.15, -0.1) is 0 Å². The molecule has 9 rings (SSSR count). The van der Waals surface area contributed by atoms with Crippen LogP contribution in [-0.2, 0) is 11.8 Å². The number of phenols is 2. The van der Waals surface area contributed by atoms with Gasteiger partial charge in [-0.25, -0.2) is 4.79 Å². The zero-order valence-electron chi connectivity index (χ0n) is 24.9. The van der Waals surface area contributed by atoms with Gasteiger partial charge in [0.15, 0.2) is 16.9 Å². The summed E-state index contributed by atoms with van der Waals surface area (Å²) in [6, 6.07) is 19.9. The van der Waals surface area contributed by atoms with E-state index in [0.29, 0.717) is 51.1 Å². The molecule has 9 heteroatoms. The highest BCUT2D eigenvalue weighted by molar-refractivity contribution is 6.07. The van der Waals surface area contributed by atoms with Gasteiger partial charge in [0.2, 0.25) is 0 Å². The first kappa shape index (κ1) is 28.4. The predicted molar refractivity (Wildman–Crippen MR) is 171 cm³/mol. The highest BCUT2D eigenvalue weighted by Crippen LogP contribution is 2.62. The summed E-state index contributed by atoms with van der Waals surface area (Å²) in [6.07, 6.45) is 5.18. The highest BCUT2D eigenvalue weighted by atomic mass is 16.5. The first-order chi connectivity index (χ1) is 22.2. The maximum atomic E-state index is 11.7. The molecular formula is C37H31NO8. The Morgan fingerprint density at radius 1 is 0.978 bits per heavy atom. The molecule has 3 heterocycles. The number of benzene rings is 4. The van der Waals surface area contributed by atoms with E-state index in [0.717, 1.165) is 19.4 Å². The normalized spacial score (nSPS) is 25.4. The van der Waals surface area contributed by atoms with E-state index in [4.69, 9.17) is 9.15 Å². The van der Waals surface area contributed by atoms with E-state index in [2.05, 4.69) is 18.0 Å². The second-order valence-electron chi connectivity index (χ2n) is 12.6. The molecule has 46 heavy (non-hydrogen) atoms. The molecule has 0 radical (unpaired) electrons. The molecule has 2 bridgehead atoms. The zero-order valence-corrected chi connectivity index (χ0v) is 24.9. The predicted octanol–water partition coefficient (Wildman–Crippen LogP) is 5.17. The highest BCUT2D eigenvalue weighted by Gasteiger charge is 2.64. The molecule has 9 nitrogen and oxygen atoms in total. The first-order valence-electron chi connectivity index (χ1n) is 15.3. The summed E-state index contributed by atoms with van der Waals surface area (Å²) < 4.78 is 11.9. The number of nitrogens with zero attached hydrogens (tertiary/aromatic N) is 1. The Balaban J connectivity index is 0.000000137. The van der Waals surface area contributed by atoms with Gasteiger partial charge in [-0.1, -0.05) is 36.4 Å². The molecule has 1 fully saturated rings. The minimum Gasteiger partial charge on any atom is -0.508 e. The van der Waals surface area contributed by atoms with Gasteiger partial charge >= 0.3 is 5.97 Å². The fourth-order valence-electron chi connectivity index (χ4n) is 8.28. The quantitative estimate of drug-likeness (QED) is 0.156. The Morgan fingerprint density at radius 3 is 2.63 bits per heavy atom. The molecule has 0 amide bonds. The Morgan fingerprint density at radius 2 is 1.80 bits per heavy atom. The number of aliphatic hydroxyl groups excluding tert-OH is 1. The van der Waals surface area contributed by atoms with E-state index in [-0.39, 0.29) is 34.0 Å². The summed E-state index contributed by atoms with van der Waals surface area (Å²) in [5.41, 5.74) is 4.39. The Bertz CT molecular complexity index is 2120. The number of aliphatic hydroxyl groups is 1. The number of likely N-dealkylation sites (N-methyl/N-ethyl adjacent to an activating group) is 1. The average molecular weight is 618 g/mol. The van der Waals surface area contributed by atoms with E-state index in [1.54, 1.807) is 36.4 Å². The third-order valence-electron chi connectivity index (χ3n) is 10.3. The minimum absolute atomic E-state index is 0.0198. The molecule has 6 aliphatic rings. The van der Waals surface area contributed by atoms with Crippen LogP contribution >= 0.6 is 0 Å². The topological polar surface area (TPSA) is 141 Å². The van der Waals surface area contributed by atoms with Gasteiger partial charge in [0, 0.05) is 51.6 Å². The van der Waals surface area contributed by atoms with Crippen LogP contribution in [0.15, 0.2) is 94.2 Å². The van der Waals surface area contributed by atoms with Crippen molar-refractivity contribution in [2.75, 3.05) is 13.6 Å². The van der Waals surface area contributed by atoms with Crippen LogP contribution in [0.25, 0.3) is 33.4 Å². The molecule has 3 aliphatic heterocycles. The van der Waals surface area contributed by atoms with Gasteiger partial charge < -0.3 is 34.5 Å². The van der Waals surface area contributed by atoms with Crippen molar-refractivity contribution in [2.45, 2.75) is 36.5 Å². The largest absolute Gasteiger partial charge is 0.508 e. The van der Waals surface area contributed by atoms with E-state index >= 15 is 0 Å². The van der Waals surface area contributed by atoms with Gasteiger partial charge in [-0.05, 0) is 74.0 Å². The molecule has 0 saturated carbocycles. The number of aromatic hydroxyl groups is 2. The van der Waals surface area contributed by atoms with Crippen molar-refractivity contribution in [1.29, 1.82) is 0 Å². The van der Waals surface area contributed by atoms with Gasteiger partial charge in [0.25, 0.3) is 0 Å². The molecule has 5 atom stereocenters. The molecule has 4 N–H and O–H groups in total. The molecule has 0 unspecified atom stereocenters. The first-order valence-corrected chi connectivity index (χ1v) is 15.3. The van der Waals surface area contributed by atoms with Crippen molar-refractivity contribution in [3.63, 3.8) is 0 Å². The second kappa shape index (κ2) is 10.2. The van der Waals surface area contributed by atoms with Crippen LogP contribution in [0.4, 0.5) is 0 Å². The number of carboxylic acids is 1. The van der Waals surface area contributed by atoms with Crippen LogP contribution in [0.5, 0.6) is 17.2 Å². The lowest BCUT2D eigenvalue weighted by atomic mass is 9.53. The monoisotopic (exact) mass is 617 g/mol. The summed E-state index contributed by atoms with van der Waals surface area (Å²) in [5, 5.41) is 40.6. The molecule has 3 aliphatic carbocycles. The van der Waals surface area contributed by atoms with Crippen molar-refractivity contribution >= 4 is 16.9 Å². The number of likely N-dealkylation sites (tertiary alicyclic amines) is 1. The van der Waals surface area contributed by atoms with Crippen LogP contribution in [0.2, 0.25) is 0 Å². The fraction of sp³-hybridized carbons (Fsp3) is 0.243. The summed E-state index contributed by atoms with van der Waals surface area (Å²) in [5.74, 6) is 0.498. The van der Waals surface area contributed by atoms with Gasteiger partial charge in [-0.2, -0.15) is 0 Å². The van der Waals surface area contributed by atoms with Crippen molar-refractivity contribution in [2.24, 2.45) is 5.92 Å². The number of ether oxygens (including phenoxy) is 1. The van der Waals surface area contributed by atoms with Crippen molar-refractivity contribution < 1.29 is 34.4 Å². The molecular weight excluding hydrogens is 586 g/mol. The third kappa shape index (κ3) is 4.01. The SMILES string of the molecule is CN1CC[C@]23c4c5ccc(O)c4O[C@H]2[C@@H](O)C=C[C@H]3[C@H]1C5.O=C(O)c1ccccc1-c1c2ccc(=O)cc-2oc2cc(O)ccc12. The third-order valence-corrected chi connectivity index (χ3v) is 10.3.